The van der Waals surface area contributed by atoms with Crippen LogP contribution in [0.5, 0.6) is 5.75 Å². The van der Waals surface area contributed by atoms with Gasteiger partial charge >= 0.3 is 5.97 Å². The lowest BCUT2D eigenvalue weighted by atomic mass is 9.83. The molecule has 3 heterocycles. The molecule has 0 aliphatic heterocycles. The molecular weight excluding hydrogens is 516 g/mol. The van der Waals surface area contributed by atoms with Gasteiger partial charge in [-0.25, -0.2) is 0 Å². The Morgan fingerprint density at radius 1 is 1.08 bits per heavy atom. The third kappa shape index (κ3) is 6.04. The highest BCUT2D eigenvalue weighted by Crippen LogP contribution is 2.35. The van der Waals surface area contributed by atoms with Crippen LogP contribution in [-0.2, 0) is 17.8 Å². The van der Waals surface area contributed by atoms with Crippen LogP contribution in [0, 0.1) is 18.3 Å². The molecule has 0 saturated carbocycles. The number of carbonyl (C=O) groups excluding carboxylic acids is 2. The molecule has 0 bridgehead atoms. The molecule has 39 heavy (non-hydrogen) atoms. The Bertz CT molecular complexity index is 1560. The first kappa shape index (κ1) is 28.0. The molecule has 0 radical (unpaired) electrons. The van der Waals surface area contributed by atoms with Crippen LogP contribution in [0.15, 0.2) is 60.8 Å². The van der Waals surface area contributed by atoms with E-state index < -0.39 is 17.3 Å². The van der Waals surface area contributed by atoms with Crippen LogP contribution in [0.25, 0.3) is 5.52 Å². The van der Waals surface area contributed by atoms with Crippen molar-refractivity contribution >= 4 is 34.7 Å². The first-order chi connectivity index (χ1) is 18.4. The summed E-state index contributed by atoms with van der Waals surface area (Å²) in [4.78, 5) is 44.1. The molecule has 1 unspecified atom stereocenters. The van der Waals surface area contributed by atoms with Crippen LogP contribution in [0.3, 0.4) is 0 Å². The van der Waals surface area contributed by atoms with E-state index in [9.17, 15) is 19.5 Å². The van der Waals surface area contributed by atoms with Crippen LogP contribution < -0.4 is 4.74 Å². The van der Waals surface area contributed by atoms with E-state index in [4.69, 9.17) is 16.3 Å². The van der Waals surface area contributed by atoms with Crippen molar-refractivity contribution in [3.05, 3.63) is 99.6 Å². The fourth-order valence-corrected chi connectivity index (χ4v) is 4.54. The minimum absolute atomic E-state index is 0.00618. The number of carboxylic acids is 1. The molecule has 0 spiro atoms. The number of fused-ring (bicyclic) bond motifs is 1. The van der Waals surface area contributed by atoms with Crippen molar-refractivity contribution in [2.45, 2.75) is 47.6 Å². The zero-order valence-corrected chi connectivity index (χ0v) is 23.4. The number of rotatable bonds is 9. The number of hydrogen-bond donors (Lipinski definition) is 1. The van der Waals surface area contributed by atoms with E-state index in [1.54, 1.807) is 74.7 Å². The van der Waals surface area contributed by atoms with Crippen LogP contribution in [0.1, 0.15) is 71.1 Å². The average molecular weight is 547 g/mol. The number of ether oxygens (including phenoxy) is 1. The molecule has 202 valence electrons. The first-order valence-electron chi connectivity index (χ1n) is 12.7. The lowest BCUT2D eigenvalue weighted by Gasteiger charge is -2.18. The van der Waals surface area contributed by atoms with Gasteiger partial charge in [0.25, 0.3) is 0 Å². The fraction of sp³-hybridized carbons (Fsp3) is 0.290. The van der Waals surface area contributed by atoms with Gasteiger partial charge in [-0.2, -0.15) is 0 Å². The Morgan fingerprint density at radius 3 is 2.38 bits per heavy atom. The summed E-state index contributed by atoms with van der Waals surface area (Å²) in [6.45, 7) is 9.09. The highest BCUT2D eigenvalue weighted by molar-refractivity contribution is 6.30. The van der Waals surface area contributed by atoms with Gasteiger partial charge in [0.15, 0.2) is 5.78 Å². The monoisotopic (exact) mass is 546 g/mol. The van der Waals surface area contributed by atoms with Gasteiger partial charge in [-0.15, -0.1) is 0 Å². The molecule has 0 amide bonds. The number of aryl methyl sites for hydroxylation is 1. The number of aromatic nitrogens is 2. The normalized spacial score (nSPS) is 12.4. The van der Waals surface area contributed by atoms with Crippen LogP contribution >= 0.6 is 11.6 Å². The second-order valence-electron chi connectivity index (χ2n) is 10.7. The molecule has 3 aromatic heterocycles. The van der Waals surface area contributed by atoms with E-state index in [1.807, 2.05) is 25.1 Å². The third-order valence-electron chi connectivity index (χ3n) is 6.51. The van der Waals surface area contributed by atoms with Crippen molar-refractivity contribution < 1.29 is 24.2 Å². The van der Waals surface area contributed by atoms with Gasteiger partial charge in [-0.3, -0.25) is 19.4 Å². The maximum Gasteiger partial charge on any atom is 0.306 e. The van der Waals surface area contributed by atoms with Gasteiger partial charge in [0.1, 0.15) is 12.4 Å². The molecule has 4 rings (SSSR count). The van der Waals surface area contributed by atoms with E-state index in [0.717, 1.165) is 11.4 Å². The van der Waals surface area contributed by atoms with Gasteiger partial charge in [-0.05, 0) is 61.4 Å². The summed E-state index contributed by atoms with van der Waals surface area (Å²) in [5.41, 5.74) is 2.68. The number of carboxylic acid groups (broad SMARTS) is 1. The maximum atomic E-state index is 13.9. The summed E-state index contributed by atoms with van der Waals surface area (Å²) in [7, 11) is 0. The number of hydrogen-bond acceptors (Lipinski definition) is 5. The number of pyridine rings is 2. The SMILES string of the molecule is Cc1cccc(COc2ccn3c(C(=O)c4ccc(Cl)cc4)c(CC(C)C(=O)O)c(C(=O)C(C)(C)C)c3c2)n1. The van der Waals surface area contributed by atoms with Crippen molar-refractivity contribution in [1.82, 2.24) is 9.38 Å². The van der Waals surface area contributed by atoms with Crippen molar-refractivity contribution in [3.8, 4) is 5.75 Å². The Labute approximate surface area is 232 Å². The zero-order chi connectivity index (χ0) is 28.5. The van der Waals surface area contributed by atoms with Crippen LogP contribution in [0.2, 0.25) is 5.02 Å². The quantitative estimate of drug-likeness (QED) is 0.238. The lowest BCUT2D eigenvalue weighted by molar-refractivity contribution is -0.141. The second-order valence-corrected chi connectivity index (χ2v) is 11.2. The molecule has 4 aromatic rings. The van der Waals surface area contributed by atoms with E-state index in [0.29, 0.717) is 33.0 Å². The summed E-state index contributed by atoms with van der Waals surface area (Å²) in [5.74, 6) is -1.87. The number of carbonyl (C=O) groups is 3. The molecular formula is C31H31ClN2O5. The highest BCUT2D eigenvalue weighted by atomic mass is 35.5. The number of halogens is 1. The Kier molecular flexibility index (Phi) is 7.93. The smallest absolute Gasteiger partial charge is 0.306 e. The predicted molar refractivity (Wildman–Crippen MR) is 150 cm³/mol. The number of aliphatic carboxylic acids is 1. The fourth-order valence-electron chi connectivity index (χ4n) is 4.42. The van der Waals surface area contributed by atoms with E-state index in [2.05, 4.69) is 4.98 Å². The molecule has 0 fully saturated rings. The van der Waals surface area contributed by atoms with Gasteiger partial charge in [0.2, 0.25) is 5.78 Å². The van der Waals surface area contributed by atoms with Gasteiger partial charge < -0.3 is 14.2 Å². The second kappa shape index (κ2) is 11.0. The number of ketones is 2. The van der Waals surface area contributed by atoms with Crippen LogP contribution in [0.4, 0.5) is 0 Å². The van der Waals surface area contributed by atoms with Crippen molar-refractivity contribution in [2.24, 2.45) is 11.3 Å². The Morgan fingerprint density at radius 2 is 1.77 bits per heavy atom. The minimum Gasteiger partial charge on any atom is -0.487 e. The molecule has 8 heteroatoms. The topological polar surface area (TPSA) is 98.0 Å². The number of Topliss-reactive ketones (excluding diaryl/α,β-unsaturated/α-hetero) is 1. The van der Waals surface area contributed by atoms with Crippen molar-refractivity contribution in [2.75, 3.05) is 0 Å². The van der Waals surface area contributed by atoms with Gasteiger partial charge in [0, 0.05) is 39.5 Å². The summed E-state index contributed by atoms with van der Waals surface area (Å²) >= 11 is 6.04. The third-order valence-corrected chi connectivity index (χ3v) is 6.76. The maximum absolute atomic E-state index is 13.9. The average Bonchev–Trinajstić information content (AvgIpc) is 3.19. The summed E-state index contributed by atoms with van der Waals surface area (Å²) in [5, 5.41) is 10.2. The molecule has 1 aromatic carbocycles. The largest absolute Gasteiger partial charge is 0.487 e. The molecule has 1 atom stereocenters. The van der Waals surface area contributed by atoms with E-state index >= 15 is 0 Å². The highest BCUT2D eigenvalue weighted by Gasteiger charge is 2.34. The lowest BCUT2D eigenvalue weighted by Crippen LogP contribution is -2.23. The van der Waals surface area contributed by atoms with Crippen molar-refractivity contribution in [1.29, 1.82) is 0 Å². The predicted octanol–water partition coefficient (Wildman–Crippen LogP) is 6.60. The van der Waals surface area contributed by atoms with Crippen LogP contribution in [-0.4, -0.2) is 32.0 Å². The summed E-state index contributed by atoms with van der Waals surface area (Å²) in [6, 6.07) is 15.6. The summed E-state index contributed by atoms with van der Waals surface area (Å²) < 4.78 is 7.69. The minimum atomic E-state index is -1.01. The zero-order valence-electron chi connectivity index (χ0n) is 22.6. The van der Waals surface area contributed by atoms with E-state index in [-0.39, 0.29) is 30.3 Å². The molecule has 0 aliphatic carbocycles. The Hall–Kier alpha value is -3.97. The molecule has 0 saturated heterocycles. The van der Waals surface area contributed by atoms with Crippen molar-refractivity contribution in [3.63, 3.8) is 0 Å². The standard InChI is InChI=1S/C31H31ClN2O5/c1-18(30(37)38)15-24-26(29(36)31(3,4)5)25-16-23(39-17-22-8-6-7-19(2)33-22)13-14-34(25)27(24)28(35)20-9-11-21(32)12-10-20/h6-14,16,18H,15,17H2,1-5H3,(H,37,38). The van der Waals surface area contributed by atoms with E-state index in [1.165, 1.54) is 0 Å². The number of nitrogens with zero attached hydrogens (tertiary/aromatic N) is 2. The van der Waals surface area contributed by atoms with Gasteiger partial charge in [0.05, 0.1) is 22.8 Å². The Balaban J connectivity index is 1.92. The van der Waals surface area contributed by atoms with Gasteiger partial charge in [-0.1, -0.05) is 45.4 Å². The summed E-state index contributed by atoms with van der Waals surface area (Å²) in [6.07, 6.45) is 1.69. The molecule has 7 nitrogen and oxygen atoms in total. The molecule has 1 N–H and O–H groups in total. The molecule has 0 aliphatic rings. The first-order valence-corrected chi connectivity index (χ1v) is 13.0. The number of benzene rings is 1.